The summed E-state index contributed by atoms with van der Waals surface area (Å²) in [5.74, 6) is -1.45. The zero-order chi connectivity index (χ0) is 14.6. The molecule has 9 heteroatoms. The lowest BCUT2D eigenvalue weighted by Gasteiger charge is -2.16. The number of rotatable bonds is 4. The predicted molar refractivity (Wildman–Crippen MR) is 51.7 cm³/mol. The van der Waals surface area contributed by atoms with Gasteiger partial charge in [0, 0.05) is 5.56 Å². The summed E-state index contributed by atoms with van der Waals surface area (Å²) < 4.78 is 69.9. The number of ether oxygens (including phenoxy) is 2. The van der Waals surface area contributed by atoms with Crippen LogP contribution in [0.3, 0.4) is 0 Å². The molecule has 1 aromatic heterocycles. The molecule has 0 amide bonds. The number of aromatic nitrogens is 1. The summed E-state index contributed by atoms with van der Waals surface area (Å²) in [4.78, 5) is 3.18. The molecule has 0 aliphatic rings. The van der Waals surface area contributed by atoms with Crippen molar-refractivity contribution < 1.29 is 31.4 Å². The van der Waals surface area contributed by atoms with Crippen LogP contribution in [0.25, 0.3) is 0 Å². The van der Waals surface area contributed by atoms with Crippen molar-refractivity contribution >= 4 is 0 Å². The maximum Gasteiger partial charge on any atom is 0.573 e. The van der Waals surface area contributed by atoms with E-state index in [-0.39, 0.29) is 0 Å². The van der Waals surface area contributed by atoms with Crippen LogP contribution < -0.4 is 9.47 Å². The number of hydrogen-bond acceptors (Lipinski definition) is 4. The van der Waals surface area contributed by atoms with Gasteiger partial charge in [-0.15, -0.1) is 13.2 Å². The third-order valence-corrected chi connectivity index (χ3v) is 2.02. The van der Waals surface area contributed by atoms with E-state index in [4.69, 9.17) is 5.26 Å². The largest absolute Gasteiger partial charge is 0.573 e. The monoisotopic (exact) mass is 282 g/mol. The number of methoxy groups -OCH3 is 1. The number of nitrogens with zero attached hydrogens (tertiary/aromatic N) is 2. The number of halogens is 5. The Morgan fingerprint density at radius 1 is 1.42 bits per heavy atom. The molecule has 0 unspecified atom stereocenters. The summed E-state index contributed by atoms with van der Waals surface area (Å²) in [5.41, 5.74) is -1.24. The molecule has 4 nitrogen and oxygen atoms in total. The molecule has 0 bridgehead atoms. The lowest BCUT2D eigenvalue weighted by atomic mass is 10.1. The van der Waals surface area contributed by atoms with Crippen molar-refractivity contribution in [1.82, 2.24) is 4.98 Å². The topological polar surface area (TPSA) is 55.1 Å². The highest BCUT2D eigenvalue weighted by molar-refractivity contribution is 5.48. The lowest BCUT2D eigenvalue weighted by Crippen LogP contribution is -2.18. The Morgan fingerprint density at radius 3 is 2.47 bits per heavy atom. The standard InChI is InChI=1S/C10H7F5N2O2/c1-18-8-5(2-3-16)7(9(11)12)17-4-6(8)19-10(13,14)15/h4,9H,2H2,1H3. The molecule has 0 fully saturated rings. The molecule has 1 aromatic rings. The second-order valence-electron chi connectivity index (χ2n) is 3.20. The van der Waals surface area contributed by atoms with Crippen LogP contribution in [-0.4, -0.2) is 18.5 Å². The van der Waals surface area contributed by atoms with Crippen LogP contribution in [0.2, 0.25) is 0 Å². The van der Waals surface area contributed by atoms with Crippen LogP contribution >= 0.6 is 0 Å². The van der Waals surface area contributed by atoms with Gasteiger partial charge in [0.25, 0.3) is 6.43 Å². The minimum Gasteiger partial charge on any atom is -0.492 e. The van der Waals surface area contributed by atoms with Crippen molar-refractivity contribution in [3.8, 4) is 17.6 Å². The average molecular weight is 282 g/mol. The third kappa shape index (κ3) is 3.67. The van der Waals surface area contributed by atoms with Crippen LogP contribution in [0.5, 0.6) is 11.5 Å². The molecule has 0 atom stereocenters. The molecule has 0 aliphatic heterocycles. The van der Waals surface area contributed by atoms with E-state index in [0.717, 1.165) is 7.11 Å². The Hall–Kier alpha value is -2.11. The number of pyridine rings is 1. The van der Waals surface area contributed by atoms with E-state index in [9.17, 15) is 22.0 Å². The predicted octanol–water partition coefficient (Wildman–Crippen LogP) is 2.99. The summed E-state index contributed by atoms with van der Waals surface area (Å²) >= 11 is 0. The summed E-state index contributed by atoms with van der Waals surface area (Å²) in [6.07, 6.45) is -8.16. The van der Waals surface area contributed by atoms with Gasteiger partial charge in [0.2, 0.25) is 0 Å². The molecule has 0 N–H and O–H groups in total. The van der Waals surface area contributed by atoms with E-state index >= 15 is 0 Å². The fourth-order valence-corrected chi connectivity index (χ4v) is 1.39. The first kappa shape index (κ1) is 14.9. The number of hydrogen-bond donors (Lipinski definition) is 0. The molecule has 19 heavy (non-hydrogen) atoms. The van der Waals surface area contributed by atoms with E-state index in [2.05, 4.69) is 14.5 Å². The molecule has 0 aromatic carbocycles. The smallest absolute Gasteiger partial charge is 0.492 e. The Morgan fingerprint density at radius 2 is 2.05 bits per heavy atom. The van der Waals surface area contributed by atoms with Gasteiger partial charge in [-0.2, -0.15) is 5.26 Å². The van der Waals surface area contributed by atoms with Crippen molar-refractivity contribution in [2.75, 3.05) is 7.11 Å². The second kappa shape index (κ2) is 5.69. The quantitative estimate of drug-likeness (QED) is 0.797. The highest BCUT2D eigenvalue weighted by atomic mass is 19.4. The van der Waals surface area contributed by atoms with E-state index in [0.29, 0.717) is 6.20 Å². The maximum absolute atomic E-state index is 12.6. The van der Waals surface area contributed by atoms with Gasteiger partial charge in [-0.3, -0.25) is 4.98 Å². The molecule has 104 valence electrons. The molecule has 0 aliphatic carbocycles. The first-order valence-electron chi connectivity index (χ1n) is 4.76. The normalized spacial score (nSPS) is 11.3. The third-order valence-electron chi connectivity index (χ3n) is 2.02. The summed E-state index contributed by atoms with van der Waals surface area (Å²) in [6, 6.07) is 1.55. The molecule has 1 rings (SSSR count). The molecule has 0 spiro atoms. The molecule has 0 radical (unpaired) electrons. The fourth-order valence-electron chi connectivity index (χ4n) is 1.39. The number of nitriles is 1. The minimum atomic E-state index is -5.02. The minimum absolute atomic E-state index is 0.429. The highest BCUT2D eigenvalue weighted by Crippen LogP contribution is 2.38. The second-order valence-corrected chi connectivity index (χ2v) is 3.20. The van der Waals surface area contributed by atoms with E-state index < -0.39 is 42.0 Å². The van der Waals surface area contributed by atoms with Crippen LogP contribution in [0.1, 0.15) is 17.7 Å². The van der Waals surface area contributed by atoms with Gasteiger partial charge >= 0.3 is 6.36 Å². The van der Waals surface area contributed by atoms with Gasteiger partial charge < -0.3 is 9.47 Å². The summed E-state index contributed by atoms with van der Waals surface area (Å²) in [6.45, 7) is 0. The summed E-state index contributed by atoms with van der Waals surface area (Å²) in [7, 11) is 0.981. The van der Waals surface area contributed by atoms with E-state index in [1.165, 1.54) is 0 Å². The van der Waals surface area contributed by atoms with Crippen LogP contribution in [0, 0.1) is 11.3 Å². The molecular weight excluding hydrogens is 275 g/mol. The fraction of sp³-hybridized carbons (Fsp3) is 0.400. The Bertz CT molecular complexity index is 496. The van der Waals surface area contributed by atoms with Gasteiger partial charge in [-0.05, 0) is 0 Å². The van der Waals surface area contributed by atoms with Crippen LogP contribution in [0.4, 0.5) is 22.0 Å². The molecular formula is C10H7F5N2O2. The average Bonchev–Trinajstić information content (AvgIpc) is 2.27. The Balaban J connectivity index is 3.37. The maximum atomic E-state index is 12.6. The number of alkyl halides is 5. The van der Waals surface area contributed by atoms with Crippen molar-refractivity contribution in [2.45, 2.75) is 19.2 Å². The van der Waals surface area contributed by atoms with Crippen molar-refractivity contribution in [3.63, 3.8) is 0 Å². The van der Waals surface area contributed by atoms with Crippen molar-refractivity contribution in [2.24, 2.45) is 0 Å². The lowest BCUT2D eigenvalue weighted by molar-refractivity contribution is -0.275. The first-order valence-corrected chi connectivity index (χ1v) is 4.76. The van der Waals surface area contributed by atoms with Crippen LogP contribution in [0.15, 0.2) is 6.20 Å². The highest BCUT2D eigenvalue weighted by Gasteiger charge is 2.34. The first-order chi connectivity index (χ1) is 8.80. The van der Waals surface area contributed by atoms with Gasteiger partial charge in [-0.25, -0.2) is 8.78 Å². The van der Waals surface area contributed by atoms with Gasteiger partial charge in [0.15, 0.2) is 11.5 Å². The zero-order valence-corrected chi connectivity index (χ0v) is 9.46. The Kier molecular flexibility index (Phi) is 4.47. The van der Waals surface area contributed by atoms with Gasteiger partial charge in [0.1, 0.15) is 5.69 Å². The van der Waals surface area contributed by atoms with Crippen LogP contribution in [-0.2, 0) is 6.42 Å². The molecule has 0 saturated heterocycles. The Labute approximate surface area is 104 Å². The van der Waals surface area contributed by atoms with E-state index in [1.54, 1.807) is 6.07 Å². The van der Waals surface area contributed by atoms with E-state index in [1.807, 2.05) is 0 Å². The van der Waals surface area contributed by atoms with Gasteiger partial charge in [-0.1, -0.05) is 0 Å². The van der Waals surface area contributed by atoms with Crippen molar-refractivity contribution in [1.29, 1.82) is 5.26 Å². The molecule has 1 heterocycles. The van der Waals surface area contributed by atoms with Crippen molar-refractivity contribution in [3.05, 3.63) is 17.5 Å². The molecule has 0 saturated carbocycles. The summed E-state index contributed by atoms with van der Waals surface area (Å²) in [5, 5.41) is 8.53. The zero-order valence-electron chi connectivity index (χ0n) is 9.46. The van der Waals surface area contributed by atoms with Gasteiger partial charge in [0.05, 0.1) is 25.8 Å². The SMILES string of the molecule is COc1c(OC(F)(F)F)cnc(C(F)F)c1CC#N.